The van der Waals surface area contributed by atoms with Crippen LogP contribution in [0.25, 0.3) is 0 Å². The molecule has 0 saturated heterocycles. The number of hydrogen-bond acceptors (Lipinski definition) is 4. The number of rotatable bonds is 5. The van der Waals surface area contributed by atoms with E-state index in [0.29, 0.717) is 12.3 Å². The molecule has 5 nitrogen and oxygen atoms in total. The molecule has 1 aromatic rings. The maximum absolute atomic E-state index is 11.9. The topological polar surface area (TPSA) is 95.6 Å². The third-order valence-electron chi connectivity index (χ3n) is 3.53. The van der Waals surface area contributed by atoms with Crippen LogP contribution in [0.5, 0.6) is 11.5 Å². The molecule has 1 unspecified atom stereocenters. The fourth-order valence-electron chi connectivity index (χ4n) is 2.09. The lowest BCUT2D eigenvalue weighted by Gasteiger charge is -2.17. The molecule has 1 saturated carbocycles. The zero-order chi connectivity index (χ0) is 14.0. The van der Waals surface area contributed by atoms with Gasteiger partial charge in [-0.2, -0.15) is 0 Å². The fraction of sp³-hybridized carbons (Fsp3) is 0.500. The summed E-state index contributed by atoms with van der Waals surface area (Å²) in [6, 6.07) is 3.98. The number of aromatic hydroxyl groups is 2. The SMILES string of the molecule is CC(NC(=O)[C@@H](N)Cc1ccc(O)c(O)c1)C1CC1. The highest BCUT2D eigenvalue weighted by Gasteiger charge is 2.29. The van der Waals surface area contributed by atoms with Crippen LogP contribution in [-0.4, -0.2) is 28.2 Å². The van der Waals surface area contributed by atoms with Crippen molar-refractivity contribution in [2.45, 2.75) is 38.3 Å². The molecule has 0 spiro atoms. The lowest BCUT2D eigenvalue weighted by atomic mass is 10.0. The summed E-state index contributed by atoms with van der Waals surface area (Å²) in [4.78, 5) is 11.9. The van der Waals surface area contributed by atoms with E-state index in [0.717, 1.165) is 5.56 Å². The van der Waals surface area contributed by atoms with E-state index in [1.807, 2.05) is 6.92 Å². The van der Waals surface area contributed by atoms with Gasteiger partial charge in [0, 0.05) is 6.04 Å². The Morgan fingerprint density at radius 3 is 2.68 bits per heavy atom. The third kappa shape index (κ3) is 3.61. The van der Waals surface area contributed by atoms with E-state index in [2.05, 4.69) is 5.32 Å². The van der Waals surface area contributed by atoms with Crippen LogP contribution in [0.3, 0.4) is 0 Å². The normalized spacial score (nSPS) is 17.8. The Morgan fingerprint density at radius 2 is 2.11 bits per heavy atom. The molecule has 0 radical (unpaired) electrons. The van der Waals surface area contributed by atoms with Gasteiger partial charge in [-0.3, -0.25) is 4.79 Å². The summed E-state index contributed by atoms with van der Waals surface area (Å²) < 4.78 is 0. The molecule has 19 heavy (non-hydrogen) atoms. The largest absolute Gasteiger partial charge is 0.504 e. The van der Waals surface area contributed by atoms with Crippen LogP contribution in [0.15, 0.2) is 18.2 Å². The number of nitrogens with two attached hydrogens (primary N) is 1. The molecule has 104 valence electrons. The van der Waals surface area contributed by atoms with Gasteiger partial charge in [-0.25, -0.2) is 0 Å². The average Bonchev–Trinajstić information content (AvgIpc) is 3.17. The van der Waals surface area contributed by atoms with Crippen LogP contribution in [-0.2, 0) is 11.2 Å². The summed E-state index contributed by atoms with van der Waals surface area (Å²) in [6.07, 6.45) is 2.67. The van der Waals surface area contributed by atoms with E-state index in [9.17, 15) is 15.0 Å². The quantitative estimate of drug-likeness (QED) is 0.594. The summed E-state index contributed by atoms with van der Waals surface area (Å²) in [7, 11) is 0. The van der Waals surface area contributed by atoms with Crippen LogP contribution in [0.4, 0.5) is 0 Å². The minimum Gasteiger partial charge on any atom is -0.504 e. The van der Waals surface area contributed by atoms with E-state index in [1.54, 1.807) is 6.07 Å². The molecule has 2 atom stereocenters. The Bertz CT molecular complexity index is 472. The Morgan fingerprint density at radius 1 is 1.42 bits per heavy atom. The summed E-state index contributed by atoms with van der Waals surface area (Å²) in [5.41, 5.74) is 6.57. The zero-order valence-electron chi connectivity index (χ0n) is 11.0. The molecule has 0 aliphatic heterocycles. The molecule has 0 heterocycles. The fourth-order valence-corrected chi connectivity index (χ4v) is 2.09. The highest BCUT2D eigenvalue weighted by Crippen LogP contribution is 2.32. The van der Waals surface area contributed by atoms with Gasteiger partial charge in [0.15, 0.2) is 11.5 Å². The molecule has 0 aromatic heterocycles. The standard InChI is InChI=1S/C14H20N2O3/c1-8(10-3-4-10)16-14(19)11(15)6-9-2-5-12(17)13(18)7-9/h2,5,7-8,10-11,17-18H,3-4,6,15H2,1H3,(H,16,19)/t8?,11-/m0/s1. The van der Waals surface area contributed by atoms with Crippen LogP contribution in [0.2, 0.25) is 0 Å². The Balaban J connectivity index is 1.89. The van der Waals surface area contributed by atoms with Gasteiger partial charge in [-0.15, -0.1) is 0 Å². The van der Waals surface area contributed by atoms with Gasteiger partial charge >= 0.3 is 0 Å². The molecule has 5 N–H and O–H groups in total. The Hall–Kier alpha value is -1.75. The molecule has 2 rings (SSSR count). The summed E-state index contributed by atoms with van der Waals surface area (Å²) in [5, 5.41) is 21.5. The van der Waals surface area contributed by atoms with Crippen molar-refractivity contribution < 1.29 is 15.0 Å². The van der Waals surface area contributed by atoms with E-state index >= 15 is 0 Å². The molecule has 0 bridgehead atoms. The number of nitrogens with one attached hydrogen (secondary N) is 1. The van der Waals surface area contributed by atoms with E-state index in [-0.39, 0.29) is 23.4 Å². The number of hydrogen-bond donors (Lipinski definition) is 4. The smallest absolute Gasteiger partial charge is 0.237 e. The predicted octanol–water partition coefficient (Wildman–Crippen LogP) is 0.882. The van der Waals surface area contributed by atoms with Gasteiger partial charge in [0.05, 0.1) is 6.04 Å². The molecule has 1 aliphatic carbocycles. The van der Waals surface area contributed by atoms with Crippen molar-refractivity contribution in [2.75, 3.05) is 0 Å². The van der Waals surface area contributed by atoms with Crippen molar-refractivity contribution >= 4 is 5.91 Å². The predicted molar refractivity (Wildman–Crippen MR) is 71.8 cm³/mol. The van der Waals surface area contributed by atoms with Gasteiger partial charge in [0.2, 0.25) is 5.91 Å². The first-order valence-corrected chi connectivity index (χ1v) is 6.54. The van der Waals surface area contributed by atoms with Crippen LogP contribution in [0.1, 0.15) is 25.3 Å². The monoisotopic (exact) mass is 264 g/mol. The van der Waals surface area contributed by atoms with E-state index in [1.165, 1.54) is 25.0 Å². The van der Waals surface area contributed by atoms with Gasteiger partial charge in [-0.05, 0) is 49.8 Å². The highest BCUT2D eigenvalue weighted by molar-refractivity contribution is 5.82. The van der Waals surface area contributed by atoms with Gasteiger partial charge < -0.3 is 21.3 Å². The van der Waals surface area contributed by atoms with Gasteiger partial charge in [-0.1, -0.05) is 6.07 Å². The first kappa shape index (κ1) is 13.7. The lowest BCUT2D eigenvalue weighted by molar-refractivity contribution is -0.123. The van der Waals surface area contributed by atoms with E-state index in [4.69, 9.17) is 5.73 Å². The summed E-state index contributed by atoms with van der Waals surface area (Å²) in [5.74, 6) is 0.0430. The van der Waals surface area contributed by atoms with Crippen molar-refractivity contribution in [3.63, 3.8) is 0 Å². The molecule has 1 amide bonds. The molecular formula is C14H20N2O3. The van der Waals surface area contributed by atoms with Crippen molar-refractivity contribution in [3.05, 3.63) is 23.8 Å². The van der Waals surface area contributed by atoms with Crippen molar-refractivity contribution in [2.24, 2.45) is 11.7 Å². The van der Waals surface area contributed by atoms with Gasteiger partial charge in [0.25, 0.3) is 0 Å². The third-order valence-corrected chi connectivity index (χ3v) is 3.53. The number of carbonyl (C=O) groups excluding carboxylic acids is 1. The molecule has 1 aliphatic rings. The van der Waals surface area contributed by atoms with Crippen LogP contribution in [0, 0.1) is 5.92 Å². The maximum Gasteiger partial charge on any atom is 0.237 e. The first-order chi connectivity index (χ1) is 8.97. The van der Waals surface area contributed by atoms with Crippen LogP contribution >= 0.6 is 0 Å². The number of phenols is 2. The summed E-state index contributed by atoms with van der Waals surface area (Å²) >= 11 is 0. The zero-order valence-corrected chi connectivity index (χ0v) is 11.0. The van der Waals surface area contributed by atoms with Crippen molar-refractivity contribution in [3.8, 4) is 11.5 Å². The number of carbonyl (C=O) groups is 1. The van der Waals surface area contributed by atoms with E-state index < -0.39 is 6.04 Å². The lowest BCUT2D eigenvalue weighted by Crippen LogP contribution is -2.46. The highest BCUT2D eigenvalue weighted by atomic mass is 16.3. The van der Waals surface area contributed by atoms with Crippen molar-refractivity contribution in [1.29, 1.82) is 0 Å². The first-order valence-electron chi connectivity index (χ1n) is 6.54. The maximum atomic E-state index is 11.9. The second-order valence-corrected chi connectivity index (χ2v) is 5.27. The van der Waals surface area contributed by atoms with Crippen LogP contribution < -0.4 is 11.1 Å². The molecule has 1 aromatic carbocycles. The molecule has 5 heteroatoms. The minimum atomic E-state index is -0.648. The average molecular weight is 264 g/mol. The van der Waals surface area contributed by atoms with Crippen molar-refractivity contribution in [1.82, 2.24) is 5.32 Å². The number of amides is 1. The number of benzene rings is 1. The molecule has 1 fully saturated rings. The Labute approximate surface area is 112 Å². The number of phenolic OH excluding ortho intramolecular Hbond substituents is 2. The second-order valence-electron chi connectivity index (χ2n) is 5.27. The van der Waals surface area contributed by atoms with Gasteiger partial charge in [0.1, 0.15) is 0 Å². The second kappa shape index (κ2) is 5.48. The molecular weight excluding hydrogens is 244 g/mol. The minimum absolute atomic E-state index is 0.173. The Kier molecular flexibility index (Phi) is 3.95. The summed E-state index contributed by atoms with van der Waals surface area (Å²) in [6.45, 7) is 1.99.